The molecule has 0 saturated carbocycles. The highest BCUT2D eigenvalue weighted by Gasteiger charge is 2.29. The summed E-state index contributed by atoms with van der Waals surface area (Å²) in [7, 11) is 3.36. The van der Waals surface area contributed by atoms with Crippen LogP contribution in [0.4, 0.5) is 0 Å². The normalized spacial score (nSPS) is 12.2. The summed E-state index contributed by atoms with van der Waals surface area (Å²) in [4.78, 5) is 0. The van der Waals surface area contributed by atoms with Crippen molar-refractivity contribution in [3.8, 4) is 0 Å². The lowest BCUT2D eigenvalue weighted by Gasteiger charge is -2.31. The number of hydrogen-bond acceptors (Lipinski definition) is 5. The van der Waals surface area contributed by atoms with Crippen LogP contribution in [-0.2, 0) is 15.1 Å². The van der Waals surface area contributed by atoms with Gasteiger partial charge in [-0.25, -0.2) is 0 Å². The molecule has 20 heavy (non-hydrogen) atoms. The first-order chi connectivity index (χ1) is 9.62. The highest BCUT2D eigenvalue weighted by Crippen LogP contribution is 2.30. The van der Waals surface area contributed by atoms with Crippen LogP contribution >= 0.6 is 23.6 Å². The van der Waals surface area contributed by atoms with Gasteiger partial charge in [0.25, 0.3) is 0 Å². The second-order valence-electron chi connectivity index (χ2n) is 4.76. The maximum absolute atomic E-state index is 6.65. The van der Waals surface area contributed by atoms with Crippen molar-refractivity contribution in [2.45, 2.75) is 18.5 Å². The molecular weight excluding hydrogens is 292 g/mol. The topological polar surface area (TPSA) is 49.4 Å². The third-order valence-electron chi connectivity index (χ3n) is 3.41. The van der Waals surface area contributed by atoms with Crippen molar-refractivity contribution >= 4 is 33.8 Å². The van der Waals surface area contributed by atoms with Crippen LogP contribution in [0, 0.1) is 3.95 Å². The number of para-hydroxylation sites is 1. The zero-order valence-electron chi connectivity index (χ0n) is 11.8. The van der Waals surface area contributed by atoms with Crippen LogP contribution < -0.4 is 5.73 Å². The largest absolute Gasteiger partial charge is 0.385 e. The third kappa shape index (κ3) is 3.10. The standard InChI is InChI=1S/C14H20N2O2S2/c1-17-9-7-14(15,8-10-18-2)16-11-5-3-4-6-12(11)20-13(16)19/h3-6H,7-10,15H2,1-2H3. The lowest BCUT2D eigenvalue weighted by atomic mass is 10.0. The minimum atomic E-state index is -0.581. The molecule has 0 aliphatic heterocycles. The van der Waals surface area contributed by atoms with Gasteiger partial charge in [0.2, 0.25) is 0 Å². The van der Waals surface area contributed by atoms with Gasteiger partial charge in [0.1, 0.15) is 0 Å². The number of ether oxygens (including phenoxy) is 2. The summed E-state index contributed by atoms with van der Waals surface area (Å²) in [6.07, 6.45) is 1.39. The van der Waals surface area contributed by atoms with Gasteiger partial charge in [-0.2, -0.15) is 0 Å². The zero-order valence-corrected chi connectivity index (χ0v) is 13.4. The highest BCUT2D eigenvalue weighted by atomic mass is 32.1. The van der Waals surface area contributed by atoms with E-state index in [1.807, 2.05) is 12.1 Å². The van der Waals surface area contributed by atoms with Crippen molar-refractivity contribution in [3.63, 3.8) is 0 Å². The average Bonchev–Trinajstić information content (AvgIpc) is 2.79. The summed E-state index contributed by atoms with van der Waals surface area (Å²) >= 11 is 7.11. The van der Waals surface area contributed by atoms with E-state index in [0.29, 0.717) is 26.1 Å². The minimum absolute atomic E-state index is 0.581. The molecule has 0 aliphatic rings. The molecule has 2 aromatic rings. The number of fused-ring (bicyclic) bond motifs is 1. The molecule has 1 heterocycles. The van der Waals surface area contributed by atoms with Crippen molar-refractivity contribution in [1.82, 2.24) is 4.57 Å². The molecule has 0 aliphatic carbocycles. The molecule has 0 saturated heterocycles. The van der Waals surface area contributed by atoms with Crippen molar-refractivity contribution < 1.29 is 9.47 Å². The second kappa shape index (κ2) is 6.78. The van der Waals surface area contributed by atoms with Gasteiger partial charge in [-0.3, -0.25) is 0 Å². The molecule has 0 amide bonds. The van der Waals surface area contributed by atoms with E-state index in [-0.39, 0.29) is 0 Å². The van der Waals surface area contributed by atoms with E-state index in [4.69, 9.17) is 27.4 Å². The fraction of sp³-hybridized carbons (Fsp3) is 0.500. The molecule has 4 nitrogen and oxygen atoms in total. The van der Waals surface area contributed by atoms with Gasteiger partial charge in [0.05, 0.1) is 15.9 Å². The Balaban J connectivity index is 2.49. The van der Waals surface area contributed by atoms with Crippen LogP contribution in [0.2, 0.25) is 0 Å². The van der Waals surface area contributed by atoms with Crippen molar-refractivity contribution in [3.05, 3.63) is 28.2 Å². The summed E-state index contributed by atoms with van der Waals surface area (Å²) in [6, 6.07) is 8.15. The molecule has 0 radical (unpaired) electrons. The molecular formula is C14H20N2O2S2. The van der Waals surface area contributed by atoms with Crippen LogP contribution in [-0.4, -0.2) is 32.0 Å². The molecule has 0 atom stereocenters. The lowest BCUT2D eigenvalue weighted by Crippen LogP contribution is -2.45. The Labute approximate surface area is 128 Å². The van der Waals surface area contributed by atoms with Crippen LogP contribution in [0.5, 0.6) is 0 Å². The number of benzene rings is 1. The quantitative estimate of drug-likeness (QED) is 0.798. The molecule has 110 valence electrons. The van der Waals surface area contributed by atoms with Gasteiger partial charge < -0.3 is 19.8 Å². The summed E-state index contributed by atoms with van der Waals surface area (Å²) in [5.41, 5.74) is 7.15. The monoisotopic (exact) mass is 312 g/mol. The Morgan fingerprint density at radius 1 is 1.20 bits per heavy atom. The summed E-state index contributed by atoms with van der Waals surface area (Å²) in [6.45, 7) is 1.18. The fourth-order valence-electron chi connectivity index (χ4n) is 2.29. The number of hydrogen-bond donors (Lipinski definition) is 1. The Bertz CT molecular complexity index is 613. The highest BCUT2D eigenvalue weighted by molar-refractivity contribution is 7.73. The predicted octanol–water partition coefficient (Wildman–Crippen LogP) is 3.12. The summed E-state index contributed by atoms with van der Waals surface area (Å²) in [5.74, 6) is 0. The summed E-state index contributed by atoms with van der Waals surface area (Å²) < 4.78 is 14.4. The van der Waals surface area contributed by atoms with Gasteiger partial charge >= 0.3 is 0 Å². The summed E-state index contributed by atoms with van der Waals surface area (Å²) in [5, 5.41) is 0. The maximum Gasteiger partial charge on any atom is 0.163 e. The molecule has 2 rings (SSSR count). The van der Waals surface area contributed by atoms with Crippen LogP contribution in [0.1, 0.15) is 12.8 Å². The van der Waals surface area contributed by atoms with E-state index in [9.17, 15) is 0 Å². The first-order valence-electron chi connectivity index (χ1n) is 6.50. The smallest absolute Gasteiger partial charge is 0.163 e. The van der Waals surface area contributed by atoms with Crippen LogP contribution in [0.3, 0.4) is 0 Å². The third-order valence-corrected chi connectivity index (χ3v) is 4.76. The van der Waals surface area contributed by atoms with Gasteiger partial charge in [0.15, 0.2) is 3.95 Å². The fourth-order valence-corrected chi connectivity index (χ4v) is 3.81. The second-order valence-corrected chi connectivity index (χ2v) is 6.44. The van der Waals surface area contributed by atoms with Crippen LogP contribution in [0.25, 0.3) is 10.2 Å². The number of nitrogens with two attached hydrogens (primary N) is 1. The van der Waals surface area contributed by atoms with Gasteiger partial charge in [0, 0.05) is 40.3 Å². The van der Waals surface area contributed by atoms with Gasteiger partial charge in [-0.1, -0.05) is 12.1 Å². The Morgan fingerprint density at radius 3 is 2.40 bits per heavy atom. The predicted molar refractivity (Wildman–Crippen MR) is 85.8 cm³/mol. The van der Waals surface area contributed by atoms with E-state index in [1.54, 1.807) is 25.6 Å². The number of nitrogens with zero attached hydrogens (tertiary/aromatic N) is 1. The molecule has 1 aromatic heterocycles. The van der Waals surface area contributed by atoms with E-state index >= 15 is 0 Å². The Kier molecular flexibility index (Phi) is 5.29. The molecule has 0 spiro atoms. The van der Waals surface area contributed by atoms with E-state index in [0.717, 1.165) is 14.2 Å². The van der Waals surface area contributed by atoms with Crippen molar-refractivity contribution in [2.24, 2.45) is 5.73 Å². The van der Waals surface area contributed by atoms with Gasteiger partial charge in [-0.15, -0.1) is 11.3 Å². The SMILES string of the molecule is COCCC(N)(CCOC)n1c(=S)sc2ccccc21. The first kappa shape index (κ1) is 15.6. The number of rotatable bonds is 7. The zero-order chi connectivity index (χ0) is 14.6. The Morgan fingerprint density at radius 2 is 1.80 bits per heavy atom. The lowest BCUT2D eigenvalue weighted by molar-refractivity contribution is 0.103. The minimum Gasteiger partial charge on any atom is -0.385 e. The molecule has 6 heteroatoms. The van der Waals surface area contributed by atoms with E-state index in [1.165, 1.54) is 0 Å². The number of methoxy groups -OCH3 is 2. The molecule has 0 bridgehead atoms. The molecule has 0 unspecified atom stereocenters. The van der Waals surface area contributed by atoms with Crippen LogP contribution in [0.15, 0.2) is 24.3 Å². The van der Waals surface area contributed by atoms with Gasteiger partial charge in [-0.05, 0) is 24.4 Å². The maximum atomic E-state index is 6.65. The number of thiazole rings is 1. The molecule has 1 aromatic carbocycles. The molecule has 2 N–H and O–H groups in total. The molecule has 0 fully saturated rings. The van der Waals surface area contributed by atoms with E-state index < -0.39 is 5.66 Å². The van der Waals surface area contributed by atoms with Crippen molar-refractivity contribution in [2.75, 3.05) is 27.4 Å². The van der Waals surface area contributed by atoms with Crippen molar-refractivity contribution in [1.29, 1.82) is 0 Å². The van der Waals surface area contributed by atoms with E-state index in [2.05, 4.69) is 16.7 Å². The Hall–Kier alpha value is -0.790. The average molecular weight is 312 g/mol. The first-order valence-corrected chi connectivity index (χ1v) is 7.72. The number of aromatic nitrogens is 1.